The molecule has 1 saturated carbocycles. The summed E-state index contributed by atoms with van der Waals surface area (Å²) in [5.41, 5.74) is 6.52. The molecular weight excluding hydrogens is 446 g/mol. The van der Waals surface area contributed by atoms with Crippen LogP contribution in [0.25, 0.3) is 0 Å². The molecule has 2 aliphatic heterocycles. The lowest BCUT2D eigenvalue weighted by Gasteiger charge is -2.55. The van der Waals surface area contributed by atoms with Crippen LogP contribution in [0.4, 0.5) is 5.69 Å². The van der Waals surface area contributed by atoms with Gasteiger partial charge in [-0.25, -0.2) is 0 Å². The number of amides is 1. The number of benzene rings is 1. The first-order valence-electron chi connectivity index (χ1n) is 13.8. The molecule has 1 aromatic rings. The Morgan fingerprint density at radius 1 is 1.14 bits per heavy atom. The van der Waals surface area contributed by atoms with Crippen LogP contribution >= 0.6 is 0 Å². The molecule has 2 heterocycles. The standard InChI is InChI=1S/C31H41N3O2/c1-4-34(24-19-31(20-24)13-15-33(3)16-14-31)28-12-8-11-26-25(28)10-7-5-6-9-23-17-22(2)18-29(35)27(23)21-32-30(26)36/h5,7-8,11-12,17,24H,4,6,9-10,13-16,18-21H2,1-3H3,(H,32,36)/b7-5+. The summed E-state index contributed by atoms with van der Waals surface area (Å²) >= 11 is 0. The van der Waals surface area contributed by atoms with E-state index in [0.717, 1.165) is 53.7 Å². The number of hydrogen-bond donors (Lipinski definition) is 1. The van der Waals surface area contributed by atoms with Gasteiger partial charge in [-0.1, -0.05) is 29.9 Å². The van der Waals surface area contributed by atoms with Crippen LogP contribution in [0.5, 0.6) is 0 Å². The summed E-state index contributed by atoms with van der Waals surface area (Å²) in [6.45, 7) is 7.92. The predicted octanol–water partition coefficient (Wildman–Crippen LogP) is 5.23. The van der Waals surface area contributed by atoms with Gasteiger partial charge in [-0.2, -0.15) is 0 Å². The number of likely N-dealkylation sites (tertiary alicyclic amines) is 1. The van der Waals surface area contributed by atoms with Gasteiger partial charge in [0.25, 0.3) is 5.91 Å². The van der Waals surface area contributed by atoms with Crippen LogP contribution in [-0.2, 0) is 11.2 Å². The third-order valence-corrected chi connectivity index (χ3v) is 8.95. The molecule has 2 aliphatic carbocycles. The summed E-state index contributed by atoms with van der Waals surface area (Å²) in [5.74, 6) is 0.0634. The first-order valence-corrected chi connectivity index (χ1v) is 13.8. The molecule has 2 fully saturated rings. The van der Waals surface area contributed by atoms with Gasteiger partial charge >= 0.3 is 0 Å². The van der Waals surface area contributed by atoms with E-state index in [0.29, 0.717) is 24.4 Å². The molecule has 1 spiro atoms. The third kappa shape index (κ3) is 4.95. The Hall–Kier alpha value is -2.66. The molecular formula is C31H41N3O2. The maximum absolute atomic E-state index is 13.4. The molecule has 4 aliphatic rings. The fraction of sp³-hybridized carbons (Fsp3) is 0.548. The van der Waals surface area contributed by atoms with E-state index in [-0.39, 0.29) is 11.7 Å². The first kappa shape index (κ1) is 25.0. The normalized spacial score (nSPS) is 24.0. The number of allylic oxidation sites excluding steroid dienone is 5. The van der Waals surface area contributed by atoms with Gasteiger partial charge < -0.3 is 15.1 Å². The molecule has 192 valence electrons. The van der Waals surface area contributed by atoms with Crippen LogP contribution in [0.3, 0.4) is 0 Å². The van der Waals surface area contributed by atoms with Gasteiger partial charge in [-0.3, -0.25) is 9.59 Å². The van der Waals surface area contributed by atoms with Crippen molar-refractivity contribution in [2.75, 3.05) is 38.1 Å². The van der Waals surface area contributed by atoms with Crippen molar-refractivity contribution in [1.29, 1.82) is 0 Å². The fourth-order valence-electron chi connectivity index (χ4n) is 6.79. The number of carbonyl (C=O) groups excluding carboxylic acids is 2. The molecule has 5 heteroatoms. The highest BCUT2D eigenvalue weighted by Gasteiger charge is 2.47. The SMILES string of the molecule is CCN(c1cccc2c1C/C=C/CCC1=C(CNC2=O)C(=O)CC(C)=C1)C1CC2(CCN(C)CC2)C1. The van der Waals surface area contributed by atoms with Crippen molar-refractivity contribution in [2.45, 2.75) is 71.3 Å². The Kier molecular flexibility index (Phi) is 7.21. The highest BCUT2D eigenvalue weighted by atomic mass is 16.2. The van der Waals surface area contributed by atoms with E-state index in [2.05, 4.69) is 53.4 Å². The summed E-state index contributed by atoms with van der Waals surface area (Å²) < 4.78 is 0. The molecule has 5 rings (SSSR count). The zero-order chi connectivity index (χ0) is 25.3. The second-order valence-electron chi connectivity index (χ2n) is 11.4. The van der Waals surface area contributed by atoms with Crippen LogP contribution in [-0.4, -0.2) is 55.9 Å². The number of anilines is 1. The van der Waals surface area contributed by atoms with Gasteiger partial charge in [0.1, 0.15) is 0 Å². The van der Waals surface area contributed by atoms with Crippen LogP contribution < -0.4 is 10.2 Å². The third-order valence-electron chi connectivity index (χ3n) is 8.95. The lowest BCUT2D eigenvalue weighted by Crippen LogP contribution is -2.55. The lowest BCUT2D eigenvalue weighted by atomic mass is 9.60. The van der Waals surface area contributed by atoms with Crippen molar-refractivity contribution in [2.24, 2.45) is 5.41 Å². The number of nitrogens with zero attached hydrogens (tertiary/aromatic N) is 2. The summed E-state index contributed by atoms with van der Waals surface area (Å²) in [5, 5.41) is 3.10. The molecule has 1 N–H and O–H groups in total. The van der Waals surface area contributed by atoms with Crippen molar-refractivity contribution >= 4 is 17.4 Å². The van der Waals surface area contributed by atoms with Gasteiger partial charge in [-0.05, 0) is 108 Å². The Morgan fingerprint density at radius 3 is 2.67 bits per heavy atom. The average Bonchev–Trinajstić information content (AvgIpc) is 2.83. The molecule has 0 atom stereocenters. The molecule has 36 heavy (non-hydrogen) atoms. The van der Waals surface area contributed by atoms with E-state index in [1.165, 1.54) is 44.5 Å². The zero-order valence-electron chi connectivity index (χ0n) is 22.2. The van der Waals surface area contributed by atoms with Gasteiger partial charge in [0.05, 0.1) is 0 Å². The van der Waals surface area contributed by atoms with Crippen LogP contribution in [0.15, 0.2) is 53.1 Å². The Bertz CT molecular complexity index is 1110. The second kappa shape index (κ2) is 10.4. The molecule has 5 nitrogen and oxygen atoms in total. The van der Waals surface area contributed by atoms with Gasteiger partial charge in [0.15, 0.2) is 5.78 Å². The van der Waals surface area contributed by atoms with E-state index in [9.17, 15) is 9.59 Å². The number of fused-ring (bicyclic) bond motifs is 1. The van der Waals surface area contributed by atoms with Crippen molar-refractivity contribution in [1.82, 2.24) is 10.2 Å². The monoisotopic (exact) mass is 487 g/mol. The number of rotatable bonds is 3. The number of Topliss-reactive ketones (excluding diaryl/α,β-unsaturated/α-hetero) is 1. The number of nitrogens with one attached hydrogen (secondary N) is 1. The molecule has 1 saturated heterocycles. The van der Waals surface area contributed by atoms with Gasteiger partial charge in [0, 0.05) is 42.4 Å². The molecule has 1 aromatic carbocycles. The number of ketones is 1. The molecule has 1 amide bonds. The van der Waals surface area contributed by atoms with Crippen molar-refractivity contribution in [3.05, 3.63) is 64.3 Å². The van der Waals surface area contributed by atoms with Crippen LogP contribution in [0.1, 0.15) is 74.7 Å². The minimum absolute atomic E-state index is 0.0804. The fourth-order valence-corrected chi connectivity index (χ4v) is 6.79. The molecule has 0 bridgehead atoms. The average molecular weight is 488 g/mol. The maximum Gasteiger partial charge on any atom is 0.251 e. The van der Waals surface area contributed by atoms with E-state index in [1.807, 2.05) is 19.1 Å². The highest BCUT2D eigenvalue weighted by molar-refractivity contribution is 6.02. The number of carbonyl (C=O) groups is 2. The molecule has 0 radical (unpaired) electrons. The Labute approximate surface area is 216 Å². The zero-order valence-corrected chi connectivity index (χ0v) is 22.2. The van der Waals surface area contributed by atoms with Crippen molar-refractivity contribution in [3.63, 3.8) is 0 Å². The smallest absolute Gasteiger partial charge is 0.251 e. The van der Waals surface area contributed by atoms with Crippen molar-refractivity contribution < 1.29 is 9.59 Å². The topological polar surface area (TPSA) is 52.7 Å². The minimum atomic E-state index is -0.0804. The van der Waals surface area contributed by atoms with Gasteiger partial charge in [0.2, 0.25) is 0 Å². The highest BCUT2D eigenvalue weighted by Crippen LogP contribution is 2.51. The van der Waals surface area contributed by atoms with Crippen molar-refractivity contribution in [3.8, 4) is 0 Å². The molecule has 0 unspecified atom stereocenters. The second-order valence-corrected chi connectivity index (χ2v) is 11.4. The predicted molar refractivity (Wildman–Crippen MR) is 146 cm³/mol. The summed E-state index contributed by atoms with van der Waals surface area (Å²) in [7, 11) is 2.23. The largest absolute Gasteiger partial charge is 0.369 e. The summed E-state index contributed by atoms with van der Waals surface area (Å²) in [4.78, 5) is 31.2. The van der Waals surface area contributed by atoms with E-state index in [1.54, 1.807) is 0 Å². The summed E-state index contributed by atoms with van der Waals surface area (Å²) in [6.07, 6.45) is 14.6. The summed E-state index contributed by atoms with van der Waals surface area (Å²) in [6, 6.07) is 6.72. The number of piperidine rings is 1. The quantitative estimate of drug-likeness (QED) is 0.594. The molecule has 0 aromatic heterocycles. The van der Waals surface area contributed by atoms with Gasteiger partial charge in [-0.15, -0.1) is 0 Å². The Morgan fingerprint density at radius 2 is 1.92 bits per heavy atom. The first-order chi connectivity index (χ1) is 17.4. The van der Waals surface area contributed by atoms with Crippen LogP contribution in [0, 0.1) is 5.41 Å². The lowest BCUT2D eigenvalue weighted by molar-refractivity contribution is -0.115. The van der Waals surface area contributed by atoms with E-state index in [4.69, 9.17) is 0 Å². The minimum Gasteiger partial charge on any atom is -0.369 e. The van der Waals surface area contributed by atoms with E-state index < -0.39 is 0 Å². The number of hydrogen-bond acceptors (Lipinski definition) is 4. The maximum atomic E-state index is 13.4. The van der Waals surface area contributed by atoms with E-state index >= 15 is 0 Å². The van der Waals surface area contributed by atoms with Crippen LogP contribution in [0.2, 0.25) is 0 Å². The Balaban J connectivity index is 1.40.